The van der Waals surface area contributed by atoms with Crippen LogP contribution in [0.5, 0.6) is 5.75 Å². The van der Waals surface area contributed by atoms with Crippen LogP contribution in [0.1, 0.15) is 45.1 Å². The van der Waals surface area contributed by atoms with E-state index in [0.717, 1.165) is 6.42 Å². The second-order valence-corrected chi connectivity index (χ2v) is 6.76. The molecule has 3 N–H and O–H groups in total. The van der Waals surface area contributed by atoms with Crippen molar-refractivity contribution in [3.8, 4) is 11.8 Å². The third-order valence-electron chi connectivity index (χ3n) is 4.39. The number of nitriles is 1. The molecule has 0 unspecified atom stereocenters. The van der Waals surface area contributed by atoms with Gasteiger partial charge in [-0.25, -0.2) is 0 Å². The molecule has 3 atom stereocenters. The van der Waals surface area contributed by atoms with Crippen LogP contribution in [0, 0.1) is 17.2 Å². The van der Waals surface area contributed by atoms with Crippen molar-refractivity contribution >= 4 is 23.2 Å². The number of ether oxygens (including phenoxy) is 1. The Kier molecular flexibility index (Phi) is 7.02. The molecule has 1 fully saturated rings. The average molecular weight is 360 g/mol. The van der Waals surface area contributed by atoms with Crippen molar-refractivity contribution in [3.05, 3.63) is 29.8 Å². The van der Waals surface area contributed by atoms with Gasteiger partial charge >= 0.3 is 0 Å². The first-order chi connectivity index (χ1) is 12.0. The van der Waals surface area contributed by atoms with Gasteiger partial charge in [0.1, 0.15) is 5.75 Å². The predicted octanol–water partition coefficient (Wildman–Crippen LogP) is 2.40. The minimum atomic E-state index is -0.697. The van der Waals surface area contributed by atoms with Crippen LogP contribution in [0.3, 0.4) is 0 Å². The molecule has 7 heteroatoms. The van der Waals surface area contributed by atoms with E-state index in [0.29, 0.717) is 28.4 Å². The lowest BCUT2D eigenvalue weighted by atomic mass is 9.86. The van der Waals surface area contributed by atoms with Gasteiger partial charge in [0.25, 0.3) is 5.91 Å². The van der Waals surface area contributed by atoms with Gasteiger partial charge in [-0.1, -0.05) is 19.8 Å². The van der Waals surface area contributed by atoms with E-state index in [4.69, 9.17) is 22.2 Å². The number of amides is 1. The molecule has 0 aliphatic heterocycles. The van der Waals surface area contributed by atoms with Crippen LogP contribution in [0.2, 0.25) is 0 Å². The maximum absolute atomic E-state index is 12.1. The molecule has 6 nitrogen and oxygen atoms in total. The summed E-state index contributed by atoms with van der Waals surface area (Å²) in [5.41, 5.74) is 5.83. The molecule has 1 saturated carbocycles. The number of hydrogen-bond acceptors (Lipinski definition) is 4. The zero-order valence-electron chi connectivity index (χ0n) is 14.5. The van der Waals surface area contributed by atoms with Gasteiger partial charge in [-0.05, 0) is 62.2 Å². The van der Waals surface area contributed by atoms with E-state index in [2.05, 4.69) is 23.1 Å². The van der Waals surface area contributed by atoms with Crippen LogP contribution in [-0.4, -0.2) is 23.2 Å². The number of benzene rings is 1. The third-order valence-corrected chi connectivity index (χ3v) is 4.61. The molecule has 134 valence electrons. The zero-order valence-corrected chi connectivity index (χ0v) is 15.4. The quantitative estimate of drug-likeness (QED) is 0.565. The smallest absolute Gasteiger partial charge is 0.279 e. The largest absolute Gasteiger partial charge is 0.481 e. The first kappa shape index (κ1) is 19.0. The van der Waals surface area contributed by atoms with Gasteiger partial charge in [-0.2, -0.15) is 5.26 Å². The highest BCUT2D eigenvalue weighted by Crippen LogP contribution is 2.23. The zero-order chi connectivity index (χ0) is 18.2. The number of rotatable bonds is 4. The minimum absolute atomic E-state index is 0.329. The molecule has 2 rings (SSSR count). The molecule has 0 aromatic heterocycles. The van der Waals surface area contributed by atoms with Gasteiger partial charge in [0.05, 0.1) is 11.6 Å². The minimum Gasteiger partial charge on any atom is -0.481 e. The highest BCUT2D eigenvalue weighted by Gasteiger charge is 2.22. The van der Waals surface area contributed by atoms with E-state index in [1.807, 2.05) is 6.07 Å². The Morgan fingerprint density at radius 3 is 2.60 bits per heavy atom. The molecule has 1 aromatic carbocycles. The second kappa shape index (κ2) is 9.23. The topological polar surface area (TPSA) is 86.2 Å². The van der Waals surface area contributed by atoms with Crippen molar-refractivity contribution in [2.45, 2.75) is 51.7 Å². The molecule has 1 amide bonds. The summed E-state index contributed by atoms with van der Waals surface area (Å²) >= 11 is 5.24. The Labute approximate surface area is 153 Å². The van der Waals surface area contributed by atoms with Crippen molar-refractivity contribution < 1.29 is 9.53 Å². The summed E-state index contributed by atoms with van der Waals surface area (Å²) in [6.07, 6.45) is 4.06. The summed E-state index contributed by atoms with van der Waals surface area (Å²) in [6, 6.07) is 8.98. The SMILES string of the molecule is C[C@@H](Oc1ccc(C#N)cc1)C(=O)NNC(=S)N[C@@H]1CCCC[C@@H]1C. The van der Waals surface area contributed by atoms with Crippen molar-refractivity contribution in [1.82, 2.24) is 16.2 Å². The van der Waals surface area contributed by atoms with Crippen LogP contribution >= 0.6 is 12.2 Å². The fraction of sp³-hybridized carbons (Fsp3) is 0.500. The predicted molar refractivity (Wildman–Crippen MR) is 99.7 cm³/mol. The van der Waals surface area contributed by atoms with Gasteiger partial charge in [-0.15, -0.1) is 0 Å². The Hall–Kier alpha value is -2.33. The fourth-order valence-electron chi connectivity index (χ4n) is 2.82. The maximum Gasteiger partial charge on any atom is 0.279 e. The van der Waals surface area contributed by atoms with Gasteiger partial charge in [0, 0.05) is 6.04 Å². The third kappa shape index (κ3) is 5.91. The van der Waals surface area contributed by atoms with Crippen molar-refractivity contribution in [2.75, 3.05) is 0 Å². The molecule has 1 aliphatic rings. The first-order valence-electron chi connectivity index (χ1n) is 8.52. The lowest BCUT2D eigenvalue weighted by Crippen LogP contribution is -2.53. The van der Waals surface area contributed by atoms with E-state index in [-0.39, 0.29) is 5.91 Å². The van der Waals surface area contributed by atoms with Crippen molar-refractivity contribution in [3.63, 3.8) is 0 Å². The standard InChI is InChI=1S/C18H24N4O2S/c1-12-5-3-4-6-16(12)20-18(25)22-21-17(23)13(2)24-15-9-7-14(11-19)8-10-15/h7-10,12-13,16H,3-6H2,1-2H3,(H,21,23)(H2,20,22,25)/t12-,13+,16+/m0/s1. The summed E-state index contributed by atoms with van der Waals surface area (Å²) in [6.45, 7) is 3.86. The van der Waals surface area contributed by atoms with Gasteiger partial charge in [0.2, 0.25) is 0 Å². The molecular formula is C18H24N4O2S. The Bertz CT molecular complexity index is 641. The Balaban J connectivity index is 1.74. The lowest BCUT2D eigenvalue weighted by molar-refractivity contribution is -0.127. The van der Waals surface area contributed by atoms with Gasteiger partial charge < -0.3 is 10.1 Å². The molecule has 0 bridgehead atoms. The van der Waals surface area contributed by atoms with E-state index in [1.165, 1.54) is 19.3 Å². The Morgan fingerprint density at radius 2 is 1.96 bits per heavy atom. The van der Waals surface area contributed by atoms with Crippen molar-refractivity contribution in [2.24, 2.45) is 5.92 Å². The van der Waals surface area contributed by atoms with Crippen molar-refractivity contribution in [1.29, 1.82) is 5.26 Å². The van der Waals surface area contributed by atoms with Gasteiger partial charge in [-0.3, -0.25) is 15.6 Å². The number of carbonyl (C=O) groups is 1. The van der Waals surface area contributed by atoms with Crippen LogP contribution < -0.4 is 20.9 Å². The van der Waals surface area contributed by atoms with E-state index < -0.39 is 6.10 Å². The van der Waals surface area contributed by atoms with E-state index >= 15 is 0 Å². The highest BCUT2D eigenvalue weighted by atomic mass is 32.1. The number of nitrogens with one attached hydrogen (secondary N) is 3. The normalized spacial score (nSPS) is 20.7. The summed E-state index contributed by atoms with van der Waals surface area (Å²) in [5, 5.41) is 12.4. The van der Waals surface area contributed by atoms with Crippen LogP contribution in [0.4, 0.5) is 0 Å². The number of hydrogen-bond donors (Lipinski definition) is 3. The number of nitrogens with zero attached hydrogens (tertiary/aromatic N) is 1. The number of hydrazine groups is 1. The number of carbonyl (C=O) groups excluding carboxylic acids is 1. The highest BCUT2D eigenvalue weighted by molar-refractivity contribution is 7.80. The lowest BCUT2D eigenvalue weighted by Gasteiger charge is -2.30. The molecule has 0 saturated heterocycles. The molecule has 25 heavy (non-hydrogen) atoms. The fourth-order valence-corrected chi connectivity index (χ4v) is 3.02. The Morgan fingerprint density at radius 1 is 1.28 bits per heavy atom. The average Bonchev–Trinajstić information content (AvgIpc) is 2.62. The molecule has 1 aromatic rings. The molecule has 0 spiro atoms. The van der Waals surface area contributed by atoms with Crippen LogP contribution in [0.15, 0.2) is 24.3 Å². The molecule has 0 radical (unpaired) electrons. The van der Waals surface area contributed by atoms with E-state index in [1.54, 1.807) is 31.2 Å². The molecular weight excluding hydrogens is 336 g/mol. The van der Waals surface area contributed by atoms with E-state index in [9.17, 15) is 4.79 Å². The number of thiocarbonyl (C=S) groups is 1. The monoisotopic (exact) mass is 360 g/mol. The summed E-state index contributed by atoms with van der Waals surface area (Å²) < 4.78 is 5.55. The van der Waals surface area contributed by atoms with Gasteiger partial charge in [0.15, 0.2) is 11.2 Å². The van der Waals surface area contributed by atoms with Crippen LogP contribution in [-0.2, 0) is 4.79 Å². The summed E-state index contributed by atoms with van der Waals surface area (Å²) in [5.74, 6) is 0.770. The van der Waals surface area contributed by atoms with Crippen LogP contribution in [0.25, 0.3) is 0 Å². The molecule has 0 heterocycles. The second-order valence-electron chi connectivity index (χ2n) is 6.35. The summed E-state index contributed by atoms with van der Waals surface area (Å²) in [4.78, 5) is 12.1. The maximum atomic E-state index is 12.1. The molecule has 1 aliphatic carbocycles. The first-order valence-corrected chi connectivity index (χ1v) is 8.93. The summed E-state index contributed by atoms with van der Waals surface area (Å²) in [7, 11) is 0.